The number of ether oxygens (including phenoxy) is 2. The van der Waals surface area contributed by atoms with Gasteiger partial charge in [0.1, 0.15) is 19.4 Å². The molecule has 0 bridgehead atoms. The summed E-state index contributed by atoms with van der Waals surface area (Å²) in [6, 6.07) is 4.12. The van der Waals surface area contributed by atoms with Crippen molar-refractivity contribution in [1.29, 1.82) is 0 Å². The van der Waals surface area contributed by atoms with Crippen LogP contribution in [0, 0.1) is 5.82 Å². The summed E-state index contributed by atoms with van der Waals surface area (Å²) >= 11 is 0. The summed E-state index contributed by atoms with van der Waals surface area (Å²) < 4.78 is 44.4. The van der Waals surface area contributed by atoms with Gasteiger partial charge < -0.3 is 24.0 Å². The van der Waals surface area contributed by atoms with Crippen LogP contribution in [-0.4, -0.2) is 69.1 Å². The first-order chi connectivity index (χ1) is 14.2. The zero-order valence-corrected chi connectivity index (χ0v) is 17.2. The maximum absolute atomic E-state index is 14.0. The van der Waals surface area contributed by atoms with Gasteiger partial charge in [0.25, 0.3) is 0 Å². The molecule has 0 atom stereocenters. The zero-order chi connectivity index (χ0) is 23.9. The number of rotatable bonds is 5. The van der Waals surface area contributed by atoms with Gasteiger partial charge in [-0.05, 0) is 19.1 Å². The second-order valence-electron chi connectivity index (χ2n) is 5.01. The van der Waals surface area contributed by atoms with E-state index in [0.717, 1.165) is 6.92 Å². The van der Waals surface area contributed by atoms with Crippen molar-refractivity contribution < 1.29 is 37.0 Å². The lowest BCUT2D eigenvalue weighted by Crippen LogP contribution is -2.18. The van der Waals surface area contributed by atoms with Gasteiger partial charge in [-0.2, -0.15) is 9.97 Å². The molecule has 0 fully saturated rings. The van der Waals surface area contributed by atoms with Crippen LogP contribution in [0.5, 0.6) is 12.0 Å². The molecule has 166 valence electrons. The number of halogens is 3. The van der Waals surface area contributed by atoms with E-state index in [1.165, 1.54) is 37.3 Å². The molecule has 0 amide bonds. The van der Waals surface area contributed by atoms with Crippen molar-refractivity contribution in [2.45, 2.75) is 13.3 Å². The fraction of sp³-hybridized carbons (Fsp3) is 0.333. The third kappa shape index (κ3) is 9.08. The van der Waals surface area contributed by atoms with Crippen molar-refractivity contribution in [3.8, 4) is 12.0 Å². The fourth-order valence-electron chi connectivity index (χ4n) is 1.90. The number of ketones is 1. The molecule has 1 aromatic heterocycles. The molecule has 1 heterocycles. The largest absolute Gasteiger partial charge is 0.467 e. The minimum Gasteiger partial charge on any atom is -0.467 e. The second kappa shape index (κ2) is 15.4. The Morgan fingerprint density at radius 3 is 1.80 bits per heavy atom. The highest BCUT2D eigenvalue weighted by Gasteiger charge is 2.22. The van der Waals surface area contributed by atoms with Crippen LogP contribution in [0.25, 0.3) is 0 Å². The van der Waals surface area contributed by atoms with Gasteiger partial charge in [0.2, 0.25) is 18.0 Å². The Morgan fingerprint density at radius 1 is 1.00 bits per heavy atom. The molecule has 0 aliphatic rings. The molecule has 0 radical (unpaired) electrons. The highest BCUT2D eigenvalue weighted by molar-refractivity contribution is 6.10. The summed E-state index contributed by atoms with van der Waals surface area (Å²) in [7, 11) is 6.00. The molecule has 1 aromatic carbocycles. The summed E-state index contributed by atoms with van der Waals surface area (Å²) in [5.41, 5.74) is 0.297. The monoisotopic (exact) mass is 432 g/mol. The van der Waals surface area contributed by atoms with Gasteiger partial charge in [0, 0.05) is 14.1 Å². The number of benzene rings is 1. The molecule has 0 saturated heterocycles. The number of para-hydroxylation sites is 1. The van der Waals surface area contributed by atoms with Crippen molar-refractivity contribution in [1.82, 2.24) is 15.0 Å². The Labute approximate surface area is 171 Å². The maximum atomic E-state index is 14.0. The molecule has 0 N–H and O–H groups in total. The minimum atomic E-state index is -2.17. The highest BCUT2D eigenvalue weighted by Crippen LogP contribution is 2.25. The number of hydrogen-bond acceptors (Lipinski definition) is 9. The number of carbonyl (C=O) groups excluding carboxylic acids is 3. The first-order valence-corrected chi connectivity index (χ1v) is 7.91. The third-order valence-corrected chi connectivity index (χ3v) is 2.84. The van der Waals surface area contributed by atoms with E-state index in [1.54, 1.807) is 14.1 Å². The number of hydrogen-bond donors (Lipinski definition) is 0. The Bertz CT molecular complexity index is 767. The van der Waals surface area contributed by atoms with Crippen molar-refractivity contribution in [3.05, 3.63) is 35.4 Å². The van der Waals surface area contributed by atoms with Gasteiger partial charge in [-0.15, -0.1) is 4.98 Å². The van der Waals surface area contributed by atoms with Gasteiger partial charge in [0.05, 0.1) is 25.5 Å². The highest BCUT2D eigenvalue weighted by atomic mass is 19.3. The van der Waals surface area contributed by atoms with Crippen molar-refractivity contribution >= 4 is 25.0 Å². The predicted molar refractivity (Wildman–Crippen MR) is 103 cm³/mol. The molecule has 9 nitrogen and oxygen atoms in total. The SMILES string of the molecule is C=O.C=O.CC(F)F.COc1nc(OC)nc(C(=O)c2cccc(F)c2N(C)C)n1. The topological polar surface area (TPSA) is 112 Å². The van der Waals surface area contributed by atoms with E-state index in [4.69, 9.17) is 19.1 Å². The Kier molecular flexibility index (Phi) is 14.7. The van der Waals surface area contributed by atoms with Gasteiger partial charge in [-0.25, -0.2) is 13.2 Å². The van der Waals surface area contributed by atoms with Crippen LogP contribution in [0.1, 0.15) is 23.1 Å². The van der Waals surface area contributed by atoms with E-state index in [9.17, 15) is 18.0 Å². The van der Waals surface area contributed by atoms with E-state index in [0.29, 0.717) is 0 Å². The molecule has 0 spiro atoms. The number of nitrogens with zero attached hydrogens (tertiary/aromatic N) is 4. The summed E-state index contributed by atoms with van der Waals surface area (Å²) in [6.45, 7) is 4.83. The lowest BCUT2D eigenvalue weighted by atomic mass is 10.1. The van der Waals surface area contributed by atoms with Crippen LogP contribution in [0.3, 0.4) is 0 Å². The summed E-state index contributed by atoms with van der Waals surface area (Å²) in [5.74, 6) is -1.25. The van der Waals surface area contributed by atoms with Crippen molar-refractivity contribution in [2.75, 3.05) is 33.2 Å². The van der Waals surface area contributed by atoms with E-state index < -0.39 is 18.0 Å². The minimum absolute atomic E-state index is 0.0574. The average molecular weight is 432 g/mol. The van der Waals surface area contributed by atoms with Crippen LogP contribution < -0.4 is 14.4 Å². The molecular weight excluding hydrogens is 409 g/mol. The average Bonchev–Trinajstić information content (AvgIpc) is 2.74. The molecule has 2 aromatic rings. The fourth-order valence-corrected chi connectivity index (χ4v) is 1.90. The molecular formula is C18H23F3N4O5. The number of alkyl halides is 2. The number of anilines is 1. The van der Waals surface area contributed by atoms with Crippen LogP contribution in [0.4, 0.5) is 18.9 Å². The molecule has 2 rings (SSSR count). The van der Waals surface area contributed by atoms with E-state index in [-0.39, 0.29) is 29.1 Å². The number of carbonyl (C=O) groups is 3. The van der Waals surface area contributed by atoms with Crippen LogP contribution >= 0.6 is 0 Å². The van der Waals surface area contributed by atoms with Crippen LogP contribution in [0.15, 0.2) is 18.2 Å². The second-order valence-corrected chi connectivity index (χ2v) is 5.01. The van der Waals surface area contributed by atoms with Gasteiger partial charge in [-0.1, -0.05) is 6.07 Å². The predicted octanol–water partition coefficient (Wildman–Crippen LogP) is 2.23. The molecule has 0 aliphatic carbocycles. The Balaban J connectivity index is 0. The van der Waals surface area contributed by atoms with Gasteiger partial charge >= 0.3 is 12.0 Å². The zero-order valence-electron chi connectivity index (χ0n) is 17.2. The van der Waals surface area contributed by atoms with Crippen LogP contribution in [-0.2, 0) is 9.59 Å². The molecule has 12 heteroatoms. The number of aromatic nitrogens is 3. The van der Waals surface area contributed by atoms with E-state index in [2.05, 4.69) is 15.0 Å². The van der Waals surface area contributed by atoms with Gasteiger partial charge in [-0.3, -0.25) is 4.79 Å². The smallest absolute Gasteiger partial charge is 0.323 e. The van der Waals surface area contributed by atoms with E-state index >= 15 is 0 Å². The lowest BCUT2D eigenvalue weighted by molar-refractivity contribution is -0.0987. The van der Waals surface area contributed by atoms with Gasteiger partial charge in [0.15, 0.2) is 0 Å². The van der Waals surface area contributed by atoms with E-state index in [1.807, 2.05) is 13.6 Å². The van der Waals surface area contributed by atoms with Crippen molar-refractivity contribution in [2.24, 2.45) is 0 Å². The maximum Gasteiger partial charge on any atom is 0.323 e. The number of methoxy groups -OCH3 is 2. The van der Waals surface area contributed by atoms with Crippen molar-refractivity contribution in [3.63, 3.8) is 0 Å². The van der Waals surface area contributed by atoms with Crippen LogP contribution in [0.2, 0.25) is 0 Å². The lowest BCUT2D eigenvalue weighted by Gasteiger charge is -2.17. The normalized spacial score (nSPS) is 8.97. The Hall–Kier alpha value is -3.57. The summed E-state index contributed by atoms with van der Waals surface area (Å²) in [5, 5.41) is 0. The standard InChI is InChI=1S/C14H15FN4O3.C2H4F2.2CH2O/c1-19(2)10-8(6-5-7-9(10)15)11(20)12-16-13(21-3)18-14(17-12)22-4;1-2(3)4;2*1-2/h5-7H,1-4H3;2H,1H3;2*1H2. The molecule has 0 aliphatic heterocycles. The Morgan fingerprint density at radius 2 is 1.43 bits per heavy atom. The first-order valence-electron chi connectivity index (χ1n) is 7.91. The molecule has 0 saturated carbocycles. The quantitative estimate of drug-likeness (QED) is 0.657. The molecule has 30 heavy (non-hydrogen) atoms. The molecule has 0 unspecified atom stereocenters. The summed E-state index contributed by atoms with van der Waals surface area (Å²) in [6.07, 6.45) is -2.17. The third-order valence-electron chi connectivity index (χ3n) is 2.84. The first kappa shape index (κ1) is 28.6. The summed E-state index contributed by atoms with van der Waals surface area (Å²) in [4.78, 5) is 41.7.